The Morgan fingerprint density at radius 2 is 1.52 bits per heavy atom. The zero-order valence-electron chi connectivity index (χ0n) is 13.6. The van der Waals surface area contributed by atoms with Crippen LogP contribution in [0.4, 0.5) is 11.4 Å². The molecule has 0 aromatic heterocycles. The van der Waals surface area contributed by atoms with Crippen molar-refractivity contribution in [2.75, 3.05) is 10.2 Å². The zero-order valence-corrected chi connectivity index (χ0v) is 13.6. The molecule has 0 spiro atoms. The third-order valence-electron chi connectivity index (χ3n) is 4.30. The second-order valence-corrected chi connectivity index (χ2v) is 6.02. The maximum atomic E-state index is 12.7. The average Bonchev–Trinajstić information content (AvgIpc) is 2.78. The second kappa shape index (κ2) is 5.88. The molecule has 1 heterocycles. The van der Waals surface area contributed by atoms with Gasteiger partial charge in [-0.3, -0.25) is 9.59 Å². The Kier molecular flexibility index (Phi) is 3.90. The Morgan fingerprint density at radius 1 is 0.913 bits per heavy atom. The number of carbonyl (C=O) groups is 2. The van der Waals surface area contributed by atoms with E-state index in [2.05, 4.69) is 5.32 Å². The van der Waals surface area contributed by atoms with Crippen LogP contribution in [0.1, 0.15) is 23.1 Å². The Labute approximate surface area is 136 Å². The molecule has 1 aliphatic rings. The third-order valence-corrected chi connectivity index (χ3v) is 4.30. The van der Waals surface area contributed by atoms with E-state index in [0.717, 1.165) is 22.4 Å². The maximum Gasteiger partial charge on any atom is 0.256 e. The molecule has 118 valence electrons. The number of aryl methyl sites for hydroxylation is 3. The molecule has 3 rings (SSSR count). The van der Waals surface area contributed by atoms with Crippen molar-refractivity contribution in [1.29, 1.82) is 0 Å². The first-order chi connectivity index (χ1) is 11.0. The van der Waals surface area contributed by atoms with Crippen molar-refractivity contribution in [2.24, 2.45) is 0 Å². The number of hydrogen-bond acceptors (Lipinski definition) is 3. The number of amides is 2. The van der Waals surface area contributed by atoms with Gasteiger partial charge in [0.15, 0.2) is 0 Å². The fourth-order valence-corrected chi connectivity index (χ4v) is 3.03. The second-order valence-electron chi connectivity index (χ2n) is 6.02. The highest BCUT2D eigenvalue weighted by molar-refractivity contribution is 6.23. The summed E-state index contributed by atoms with van der Waals surface area (Å²) in [6.07, 6.45) is 0.181. The highest BCUT2D eigenvalue weighted by atomic mass is 16.2. The van der Waals surface area contributed by atoms with E-state index < -0.39 is 6.04 Å². The van der Waals surface area contributed by atoms with E-state index in [1.165, 1.54) is 4.90 Å². The molecule has 1 aliphatic heterocycles. The minimum Gasteiger partial charge on any atom is -0.373 e. The van der Waals surface area contributed by atoms with E-state index in [1.807, 2.05) is 63.2 Å². The molecule has 0 saturated carbocycles. The van der Waals surface area contributed by atoms with Crippen molar-refractivity contribution in [1.82, 2.24) is 0 Å². The highest BCUT2D eigenvalue weighted by Crippen LogP contribution is 2.29. The van der Waals surface area contributed by atoms with Crippen molar-refractivity contribution >= 4 is 23.2 Å². The summed E-state index contributed by atoms with van der Waals surface area (Å²) in [5.74, 6) is -0.347. The summed E-state index contributed by atoms with van der Waals surface area (Å²) < 4.78 is 0. The molecule has 1 fully saturated rings. The minimum atomic E-state index is -0.512. The number of para-hydroxylation sites is 2. The first kappa shape index (κ1) is 15.3. The standard InChI is InChI=1S/C19H20N2O2/c1-12-7-4-5-10-16(12)21-17(22)11-15(19(21)23)20-18-13(2)8-6-9-14(18)3/h4-10,15,20H,11H2,1-3H3. The summed E-state index contributed by atoms with van der Waals surface area (Å²) in [5.41, 5.74) is 4.67. The van der Waals surface area contributed by atoms with Crippen LogP contribution in [-0.4, -0.2) is 17.9 Å². The Bertz CT molecular complexity index is 762. The van der Waals surface area contributed by atoms with Crippen LogP contribution in [0.25, 0.3) is 0 Å². The fraction of sp³-hybridized carbons (Fsp3) is 0.263. The van der Waals surface area contributed by atoms with Gasteiger partial charge in [0.1, 0.15) is 6.04 Å². The van der Waals surface area contributed by atoms with Gasteiger partial charge in [0.2, 0.25) is 5.91 Å². The van der Waals surface area contributed by atoms with Crippen LogP contribution < -0.4 is 10.2 Å². The van der Waals surface area contributed by atoms with Gasteiger partial charge in [-0.05, 0) is 43.5 Å². The molecule has 1 N–H and O–H groups in total. The Hall–Kier alpha value is -2.62. The number of benzene rings is 2. The lowest BCUT2D eigenvalue weighted by Gasteiger charge is -2.19. The minimum absolute atomic E-state index is 0.159. The summed E-state index contributed by atoms with van der Waals surface area (Å²) in [5, 5.41) is 3.26. The molecule has 4 heteroatoms. The summed E-state index contributed by atoms with van der Waals surface area (Å²) in [7, 11) is 0. The number of hydrogen-bond donors (Lipinski definition) is 1. The van der Waals surface area contributed by atoms with Crippen molar-refractivity contribution in [3.05, 3.63) is 59.2 Å². The van der Waals surface area contributed by atoms with Crippen LogP contribution >= 0.6 is 0 Å². The lowest BCUT2D eigenvalue weighted by atomic mass is 10.1. The number of carbonyl (C=O) groups excluding carboxylic acids is 2. The molecule has 0 bridgehead atoms. The van der Waals surface area contributed by atoms with Gasteiger partial charge in [0, 0.05) is 5.69 Å². The van der Waals surface area contributed by atoms with Gasteiger partial charge in [-0.1, -0.05) is 36.4 Å². The average molecular weight is 308 g/mol. The molecule has 2 aromatic carbocycles. The van der Waals surface area contributed by atoms with E-state index in [4.69, 9.17) is 0 Å². The van der Waals surface area contributed by atoms with E-state index in [9.17, 15) is 9.59 Å². The van der Waals surface area contributed by atoms with Crippen LogP contribution in [0, 0.1) is 20.8 Å². The SMILES string of the molecule is Cc1ccccc1N1C(=O)CC(Nc2c(C)cccc2C)C1=O. The number of nitrogens with zero attached hydrogens (tertiary/aromatic N) is 1. The number of rotatable bonds is 3. The molecule has 1 saturated heterocycles. The summed E-state index contributed by atoms with van der Waals surface area (Å²) in [6, 6.07) is 12.9. The van der Waals surface area contributed by atoms with Crippen LogP contribution in [0.3, 0.4) is 0 Å². The third kappa shape index (κ3) is 2.72. The normalized spacial score (nSPS) is 17.7. The molecular weight excluding hydrogens is 288 g/mol. The largest absolute Gasteiger partial charge is 0.373 e. The van der Waals surface area contributed by atoms with Gasteiger partial charge in [0.25, 0.3) is 5.91 Å². The van der Waals surface area contributed by atoms with Crippen molar-refractivity contribution in [3.63, 3.8) is 0 Å². The molecule has 2 amide bonds. The molecule has 23 heavy (non-hydrogen) atoms. The predicted octanol–water partition coefficient (Wildman–Crippen LogP) is 3.36. The van der Waals surface area contributed by atoms with Crippen LogP contribution in [0.15, 0.2) is 42.5 Å². The molecule has 2 aromatic rings. The van der Waals surface area contributed by atoms with Crippen LogP contribution in [0.2, 0.25) is 0 Å². The van der Waals surface area contributed by atoms with Gasteiger partial charge in [-0.2, -0.15) is 0 Å². The maximum absolute atomic E-state index is 12.7. The van der Waals surface area contributed by atoms with Crippen molar-refractivity contribution in [2.45, 2.75) is 33.2 Å². The molecule has 1 atom stereocenters. The summed E-state index contributed by atoms with van der Waals surface area (Å²) >= 11 is 0. The van der Waals surface area contributed by atoms with Gasteiger partial charge in [-0.25, -0.2) is 4.90 Å². The molecule has 0 radical (unpaired) electrons. The van der Waals surface area contributed by atoms with Gasteiger partial charge in [-0.15, -0.1) is 0 Å². The highest BCUT2D eigenvalue weighted by Gasteiger charge is 2.40. The van der Waals surface area contributed by atoms with Crippen LogP contribution in [-0.2, 0) is 9.59 Å². The van der Waals surface area contributed by atoms with Crippen molar-refractivity contribution in [3.8, 4) is 0 Å². The number of imide groups is 1. The first-order valence-electron chi connectivity index (χ1n) is 7.74. The number of nitrogens with one attached hydrogen (secondary N) is 1. The molecular formula is C19H20N2O2. The fourth-order valence-electron chi connectivity index (χ4n) is 3.03. The van der Waals surface area contributed by atoms with E-state index >= 15 is 0 Å². The molecule has 1 unspecified atom stereocenters. The van der Waals surface area contributed by atoms with Gasteiger partial charge < -0.3 is 5.32 Å². The van der Waals surface area contributed by atoms with Gasteiger partial charge >= 0.3 is 0 Å². The predicted molar refractivity (Wildman–Crippen MR) is 91.6 cm³/mol. The zero-order chi connectivity index (χ0) is 16.6. The quantitative estimate of drug-likeness (QED) is 0.885. The monoisotopic (exact) mass is 308 g/mol. The molecule has 0 aliphatic carbocycles. The Morgan fingerprint density at radius 3 is 2.17 bits per heavy atom. The van der Waals surface area contributed by atoms with Gasteiger partial charge in [0.05, 0.1) is 12.1 Å². The molecule has 4 nitrogen and oxygen atoms in total. The Balaban J connectivity index is 1.89. The summed E-state index contributed by atoms with van der Waals surface area (Å²) in [4.78, 5) is 26.4. The lowest BCUT2D eigenvalue weighted by molar-refractivity contribution is -0.121. The van der Waals surface area contributed by atoms with E-state index in [-0.39, 0.29) is 18.2 Å². The van der Waals surface area contributed by atoms with Crippen LogP contribution in [0.5, 0.6) is 0 Å². The topological polar surface area (TPSA) is 49.4 Å². The first-order valence-corrected chi connectivity index (χ1v) is 7.74. The van der Waals surface area contributed by atoms with E-state index in [0.29, 0.717) is 5.69 Å². The van der Waals surface area contributed by atoms with E-state index in [1.54, 1.807) is 0 Å². The number of anilines is 2. The van der Waals surface area contributed by atoms with Crippen molar-refractivity contribution < 1.29 is 9.59 Å². The summed E-state index contributed by atoms with van der Waals surface area (Å²) in [6.45, 7) is 5.90. The lowest BCUT2D eigenvalue weighted by Crippen LogP contribution is -2.35. The smallest absolute Gasteiger partial charge is 0.256 e.